The van der Waals surface area contributed by atoms with Gasteiger partial charge in [0.15, 0.2) is 5.13 Å². The Balaban J connectivity index is 1.77. The molecule has 0 atom stereocenters. The van der Waals surface area contributed by atoms with Gasteiger partial charge in [-0.3, -0.25) is 10.1 Å². The smallest absolute Gasteiger partial charge is 0.257 e. The molecule has 1 heterocycles. The van der Waals surface area contributed by atoms with Crippen LogP contribution in [0.1, 0.15) is 34.0 Å². The van der Waals surface area contributed by atoms with Crippen LogP contribution in [0.15, 0.2) is 41.8 Å². The summed E-state index contributed by atoms with van der Waals surface area (Å²) in [5.74, 6) is 0.720. The quantitative estimate of drug-likeness (QED) is 0.659. The molecule has 1 aromatic heterocycles. The SMILES string of the molecule is CCOc1ccc(-c2csc(NC(=O)c3c(C)cc(C)cc3C)n2)cc1. The number of thiazole rings is 1. The number of hydrogen-bond acceptors (Lipinski definition) is 4. The molecule has 5 heteroatoms. The predicted octanol–water partition coefficient (Wildman–Crippen LogP) is 5.39. The zero-order valence-corrected chi connectivity index (χ0v) is 16.2. The van der Waals surface area contributed by atoms with E-state index in [0.29, 0.717) is 17.3 Å². The average Bonchev–Trinajstić information content (AvgIpc) is 3.03. The van der Waals surface area contributed by atoms with E-state index in [4.69, 9.17) is 4.74 Å². The van der Waals surface area contributed by atoms with Crippen molar-refractivity contribution in [3.8, 4) is 17.0 Å². The lowest BCUT2D eigenvalue weighted by Crippen LogP contribution is -2.15. The number of anilines is 1. The summed E-state index contributed by atoms with van der Waals surface area (Å²) >= 11 is 1.42. The van der Waals surface area contributed by atoms with Crippen molar-refractivity contribution in [1.29, 1.82) is 0 Å². The molecule has 1 amide bonds. The summed E-state index contributed by atoms with van der Waals surface area (Å²) in [6, 6.07) is 11.8. The maximum atomic E-state index is 12.7. The summed E-state index contributed by atoms with van der Waals surface area (Å²) in [5.41, 5.74) is 5.65. The van der Waals surface area contributed by atoms with E-state index in [1.54, 1.807) is 0 Å². The molecule has 4 nitrogen and oxygen atoms in total. The molecule has 0 saturated heterocycles. The standard InChI is InChI=1S/C21H22N2O2S/c1-5-25-17-8-6-16(7-9-17)18-12-26-21(22-18)23-20(24)19-14(3)10-13(2)11-15(19)4/h6-12H,5H2,1-4H3,(H,22,23,24). The van der Waals surface area contributed by atoms with E-state index in [1.165, 1.54) is 11.3 Å². The van der Waals surface area contributed by atoms with Gasteiger partial charge in [0, 0.05) is 16.5 Å². The third-order valence-corrected chi connectivity index (χ3v) is 4.85. The van der Waals surface area contributed by atoms with Crippen LogP contribution in [0.2, 0.25) is 0 Å². The van der Waals surface area contributed by atoms with E-state index < -0.39 is 0 Å². The Morgan fingerprint density at radius 1 is 1.12 bits per heavy atom. The van der Waals surface area contributed by atoms with E-state index in [9.17, 15) is 4.79 Å². The van der Waals surface area contributed by atoms with Crippen molar-refractivity contribution in [1.82, 2.24) is 4.98 Å². The summed E-state index contributed by atoms with van der Waals surface area (Å²) in [6.07, 6.45) is 0. The Kier molecular flexibility index (Phi) is 5.38. The minimum Gasteiger partial charge on any atom is -0.494 e. The van der Waals surface area contributed by atoms with Gasteiger partial charge in [-0.15, -0.1) is 11.3 Å². The monoisotopic (exact) mass is 366 g/mol. The van der Waals surface area contributed by atoms with Gasteiger partial charge >= 0.3 is 0 Å². The number of nitrogens with one attached hydrogen (secondary N) is 1. The molecule has 0 radical (unpaired) electrons. The predicted molar refractivity (Wildman–Crippen MR) is 107 cm³/mol. The molecular formula is C21H22N2O2S. The van der Waals surface area contributed by atoms with Crippen LogP contribution in [0.4, 0.5) is 5.13 Å². The molecule has 2 aromatic carbocycles. The summed E-state index contributed by atoms with van der Waals surface area (Å²) in [7, 11) is 0. The van der Waals surface area contributed by atoms with Crippen LogP contribution in [-0.4, -0.2) is 17.5 Å². The molecule has 26 heavy (non-hydrogen) atoms. The first-order valence-corrected chi connectivity index (χ1v) is 9.44. The largest absolute Gasteiger partial charge is 0.494 e. The fourth-order valence-corrected chi connectivity index (χ4v) is 3.76. The maximum Gasteiger partial charge on any atom is 0.257 e. The topological polar surface area (TPSA) is 51.2 Å². The number of carbonyl (C=O) groups is 1. The fourth-order valence-electron chi connectivity index (χ4n) is 3.05. The summed E-state index contributed by atoms with van der Waals surface area (Å²) in [6.45, 7) is 8.56. The van der Waals surface area contributed by atoms with Gasteiger partial charge in [-0.2, -0.15) is 0 Å². The van der Waals surface area contributed by atoms with Gasteiger partial charge in [0.05, 0.1) is 12.3 Å². The van der Waals surface area contributed by atoms with Gasteiger partial charge in [-0.05, 0) is 63.1 Å². The maximum absolute atomic E-state index is 12.7. The molecule has 0 fully saturated rings. The molecule has 0 spiro atoms. The Morgan fingerprint density at radius 3 is 2.38 bits per heavy atom. The molecule has 3 aromatic rings. The highest BCUT2D eigenvalue weighted by Crippen LogP contribution is 2.27. The van der Waals surface area contributed by atoms with Crippen LogP contribution in [0.25, 0.3) is 11.3 Å². The third-order valence-electron chi connectivity index (χ3n) is 4.09. The van der Waals surface area contributed by atoms with E-state index in [1.807, 2.05) is 69.5 Å². The third kappa shape index (κ3) is 3.94. The van der Waals surface area contributed by atoms with Crippen molar-refractivity contribution in [2.45, 2.75) is 27.7 Å². The van der Waals surface area contributed by atoms with Crippen molar-refractivity contribution in [2.75, 3.05) is 11.9 Å². The summed E-state index contributed by atoms with van der Waals surface area (Å²) in [5, 5.41) is 5.47. The number of ether oxygens (including phenoxy) is 1. The second kappa shape index (κ2) is 7.70. The second-order valence-corrected chi connectivity index (χ2v) is 7.08. The van der Waals surface area contributed by atoms with Crippen LogP contribution in [0.3, 0.4) is 0 Å². The lowest BCUT2D eigenvalue weighted by molar-refractivity contribution is 0.102. The minimum absolute atomic E-state index is 0.118. The Bertz CT molecular complexity index is 906. The van der Waals surface area contributed by atoms with E-state index in [-0.39, 0.29) is 5.91 Å². The van der Waals surface area contributed by atoms with Gasteiger partial charge in [-0.25, -0.2) is 4.98 Å². The second-order valence-electron chi connectivity index (χ2n) is 6.22. The van der Waals surface area contributed by atoms with E-state index in [0.717, 1.165) is 33.7 Å². The highest BCUT2D eigenvalue weighted by atomic mass is 32.1. The zero-order chi connectivity index (χ0) is 18.7. The number of benzene rings is 2. The fraction of sp³-hybridized carbons (Fsp3) is 0.238. The van der Waals surface area contributed by atoms with E-state index in [2.05, 4.69) is 10.3 Å². The van der Waals surface area contributed by atoms with Gasteiger partial charge in [0.1, 0.15) is 5.75 Å². The molecule has 0 aliphatic carbocycles. The van der Waals surface area contributed by atoms with Gasteiger partial charge in [-0.1, -0.05) is 17.7 Å². The molecule has 3 rings (SSSR count). The number of aromatic nitrogens is 1. The minimum atomic E-state index is -0.118. The molecule has 0 saturated carbocycles. The number of hydrogen-bond donors (Lipinski definition) is 1. The van der Waals surface area contributed by atoms with Gasteiger partial charge in [0.2, 0.25) is 0 Å². The number of rotatable bonds is 5. The molecular weight excluding hydrogens is 344 g/mol. The number of aryl methyl sites for hydroxylation is 3. The molecule has 134 valence electrons. The van der Waals surface area contributed by atoms with Crippen molar-refractivity contribution in [2.24, 2.45) is 0 Å². The first-order valence-electron chi connectivity index (χ1n) is 8.56. The zero-order valence-electron chi connectivity index (χ0n) is 15.4. The van der Waals surface area contributed by atoms with Crippen LogP contribution in [-0.2, 0) is 0 Å². The average molecular weight is 366 g/mol. The van der Waals surface area contributed by atoms with Crippen LogP contribution in [0, 0.1) is 20.8 Å². The summed E-state index contributed by atoms with van der Waals surface area (Å²) in [4.78, 5) is 17.2. The molecule has 0 aliphatic heterocycles. The Hall–Kier alpha value is -2.66. The van der Waals surface area contributed by atoms with Crippen molar-refractivity contribution in [3.63, 3.8) is 0 Å². The number of amides is 1. The number of carbonyl (C=O) groups excluding carboxylic acids is 1. The van der Waals surface area contributed by atoms with Gasteiger partial charge in [0.25, 0.3) is 5.91 Å². The van der Waals surface area contributed by atoms with Crippen LogP contribution < -0.4 is 10.1 Å². The molecule has 0 aliphatic rings. The van der Waals surface area contributed by atoms with Crippen molar-refractivity contribution < 1.29 is 9.53 Å². The highest BCUT2D eigenvalue weighted by Gasteiger charge is 2.15. The Labute approximate surface area is 157 Å². The molecule has 1 N–H and O–H groups in total. The molecule has 0 bridgehead atoms. The van der Waals surface area contributed by atoms with Crippen LogP contribution in [0.5, 0.6) is 5.75 Å². The normalized spacial score (nSPS) is 10.6. The first kappa shape index (κ1) is 18.1. The Morgan fingerprint density at radius 2 is 1.77 bits per heavy atom. The van der Waals surface area contributed by atoms with Crippen molar-refractivity contribution in [3.05, 3.63) is 64.0 Å². The molecule has 0 unspecified atom stereocenters. The van der Waals surface area contributed by atoms with Gasteiger partial charge < -0.3 is 4.74 Å². The first-order chi connectivity index (χ1) is 12.5. The van der Waals surface area contributed by atoms with Crippen molar-refractivity contribution >= 4 is 22.4 Å². The lowest BCUT2D eigenvalue weighted by atomic mass is 9.99. The summed E-state index contributed by atoms with van der Waals surface area (Å²) < 4.78 is 5.46. The van der Waals surface area contributed by atoms with E-state index >= 15 is 0 Å². The number of nitrogens with zero attached hydrogens (tertiary/aromatic N) is 1. The lowest BCUT2D eigenvalue weighted by Gasteiger charge is -2.10. The highest BCUT2D eigenvalue weighted by molar-refractivity contribution is 7.14. The van der Waals surface area contributed by atoms with Crippen LogP contribution >= 0.6 is 11.3 Å².